The molecule has 13 heteroatoms. The summed E-state index contributed by atoms with van der Waals surface area (Å²) in [6.45, 7) is 8.19. The first-order valence-electron chi connectivity index (χ1n) is 16.9. The normalized spacial score (nSPS) is 25.0. The number of halogens is 4. The molecule has 4 aliphatic rings. The highest BCUT2D eigenvalue weighted by atomic mass is 79.9. The van der Waals surface area contributed by atoms with Gasteiger partial charge in [0, 0.05) is 48.7 Å². The molecule has 2 N–H and O–H groups in total. The summed E-state index contributed by atoms with van der Waals surface area (Å²) in [5, 5.41) is 6.77. The average molecular weight is 738 g/mol. The Morgan fingerprint density at radius 1 is 1.18 bits per heavy atom. The maximum absolute atomic E-state index is 14.7. The summed E-state index contributed by atoms with van der Waals surface area (Å²) >= 11 is 3.29. The Labute approximate surface area is 291 Å². The summed E-state index contributed by atoms with van der Waals surface area (Å²) in [6, 6.07) is 9.25. The molecular weight excluding hydrogens is 697 g/mol. The van der Waals surface area contributed by atoms with Gasteiger partial charge in [-0.15, -0.1) is 0 Å². The summed E-state index contributed by atoms with van der Waals surface area (Å²) in [5.41, 5.74) is 1.95. The van der Waals surface area contributed by atoms with E-state index in [1.807, 2.05) is 4.90 Å². The number of anilines is 1. The topological polar surface area (TPSA) is 100 Å². The standard InChI is InChI=1S/C36H40BrF3N8O/c1-20-26-14-22(36(26,2)3)15-28(20)46-35(47-13-11-43-31(19-47)32(39)40)44-24-6-7-25-29(17-24)45-33(30-18-41-9-10-42-30)48(34(25)49)12-8-21-4-5-23(37)16-27(21)38/h4-7,9-10,16-18,20,22,26,28,31-32,43H,8,11-15,19H2,1-3H3,(H,44,46)/t20-,22-,26+,28?,31+/m0/s1. The zero-order chi connectivity index (χ0) is 34.4. The molecule has 3 heterocycles. The molecule has 2 aromatic carbocycles. The van der Waals surface area contributed by atoms with Crippen molar-refractivity contribution in [1.29, 1.82) is 0 Å². The van der Waals surface area contributed by atoms with Crippen molar-refractivity contribution in [3.8, 4) is 11.5 Å². The lowest BCUT2D eigenvalue weighted by Gasteiger charge is -2.61. The van der Waals surface area contributed by atoms with Crippen LogP contribution in [0.2, 0.25) is 0 Å². The van der Waals surface area contributed by atoms with Crippen molar-refractivity contribution in [2.24, 2.45) is 28.2 Å². The number of benzene rings is 2. The summed E-state index contributed by atoms with van der Waals surface area (Å²) in [4.78, 5) is 34.6. The van der Waals surface area contributed by atoms with E-state index in [1.54, 1.807) is 36.5 Å². The minimum absolute atomic E-state index is 0.0729. The molecule has 0 spiro atoms. The fraction of sp³-hybridized carbons (Fsp3) is 0.472. The number of aliphatic imine (C=N–C) groups is 1. The molecule has 0 amide bonds. The van der Waals surface area contributed by atoms with Gasteiger partial charge in [-0.2, -0.15) is 0 Å². The molecule has 3 saturated carbocycles. The van der Waals surface area contributed by atoms with Gasteiger partial charge in [-0.25, -0.2) is 28.1 Å². The molecule has 9 nitrogen and oxygen atoms in total. The summed E-state index contributed by atoms with van der Waals surface area (Å²) in [6.07, 6.45) is 4.55. The van der Waals surface area contributed by atoms with Crippen LogP contribution in [0.3, 0.4) is 0 Å². The highest BCUT2D eigenvalue weighted by Gasteiger charge is 2.56. The van der Waals surface area contributed by atoms with Crippen LogP contribution in [0, 0.1) is 29.0 Å². The zero-order valence-corrected chi connectivity index (χ0v) is 29.3. The van der Waals surface area contributed by atoms with Crippen molar-refractivity contribution in [3.63, 3.8) is 0 Å². The first-order chi connectivity index (χ1) is 23.5. The second-order valence-corrected chi connectivity index (χ2v) is 15.1. The largest absolute Gasteiger partial charge is 0.340 e. The second kappa shape index (κ2) is 13.5. The third kappa shape index (κ3) is 6.59. The Morgan fingerprint density at radius 2 is 2.02 bits per heavy atom. The van der Waals surface area contributed by atoms with Crippen LogP contribution >= 0.6 is 15.9 Å². The van der Waals surface area contributed by atoms with Crippen molar-refractivity contribution in [1.82, 2.24) is 29.7 Å². The van der Waals surface area contributed by atoms with Crippen molar-refractivity contribution < 1.29 is 13.2 Å². The molecule has 4 fully saturated rings. The fourth-order valence-corrected chi connectivity index (χ4v) is 8.32. The van der Waals surface area contributed by atoms with Crippen molar-refractivity contribution in [3.05, 3.63) is 81.2 Å². The number of piperazine rings is 1. The number of rotatable bonds is 7. The molecule has 1 aliphatic heterocycles. The number of hydrogen-bond donors (Lipinski definition) is 2. The molecule has 0 radical (unpaired) electrons. The lowest BCUT2D eigenvalue weighted by atomic mass is 9.45. The van der Waals surface area contributed by atoms with Crippen molar-refractivity contribution in [2.75, 3.05) is 25.0 Å². The van der Waals surface area contributed by atoms with E-state index in [1.165, 1.54) is 29.4 Å². The number of hydrogen-bond acceptors (Lipinski definition) is 6. The summed E-state index contributed by atoms with van der Waals surface area (Å²) in [7, 11) is 0. The van der Waals surface area contributed by atoms with Gasteiger partial charge in [0.2, 0.25) is 0 Å². The highest BCUT2D eigenvalue weighted by Crippen LogP contribution is 2.61. The molecule has 5 atom stereocenters. The maximum atomic E-state index is 14.7. The molecule has 49 heavy (non-hydrogen) atoms. The SMILES string of the molecule is C[C@@H]1C(N=C(Nc2ccc3c(=O)n(CCc4ccc(Br)cc4F)c(-c4cnccn4)nc3c2)N2CCN[C@@H](C(F)F)C2)C[C@@H]2C[C@H]1C2(C)C. The van der Waals surface area contributed by atoms with Gasteiger partial charge in [-0.1, -0.05) is 42.8 Å². The minimum atomic E-state index is -2.50. The lowest BCUT2D eigenvalue weighted by molar-refractivity contribution is -0.108. The molecule has 3 aliphatic carbocycles. The number of guanidine groups is 1. The first-order valence-corrected chi connectivity index (χ1v) is 17.6. The van der Waals surface area contributed by atoms with Gasteiger partial charge < -0.3 is 15.5 Å². The number of aromatic nitrogens is 4. The van der Waals surface area contributed by atoms with E-state index in [0.717, 1.165) is 6.42 Å². The Balaban J connectivity index is 1.24. The lowest BCUT2D eigenvalue weighted by Crippen LogP contribution is -2.58. The van der Waals surface area contributed by atoms with Gasteiger partial charge in [0.25, 0.3) is 12.0 Å². The summed E-state index contributed by atoms with van der Waals surface area (Å²) < 4.78 is 44.5. The van der Waals surface area contributed by atoms with Gasteiger partial charge in [0.1, 0.15) is 11.5 Å². The smallest absolute Gasteiger partial charge is 0.261 e. The number of nitrogens with zero attached hydrogens (tertiary/aromatic N) is 6. The second-order valence-electron chi connectivity index (χ2n) is 14.1. The Hall–Kier alpha value is -3.84. The van der Waals surface area contributed by atoms with E-state index in [0.29, 0.717) is 80.4 Å². The molecule has 2 aromatic heterocycles. The molecule has 258 valence electrons. The highest BCUT2D eigenvalue weighted by molar-refractivity contribution is 9.10. The first kappa shape index (κ1) is 33.6. The van der Waals surface area contributed by atoms with Crippen LogP contribution in [0.5, 0.6) is 0 Å². The van der Waals surface area contributed by atoms with E-state index in [2.05, 4.69) is 57.3 Å². The van der Waals surface area contributed by atoms with Crippen LogP contribution in [0.4, 0.5) is 18.9 Å². The molecule has 2 bridgehead atoms. The van der Waals surface area contributed by atoms with Crippen LogP contribution < -0.4 is 16.2 Å². The third-order valence-electron chi connectivity index (χ3n) is 11.0. The Bertz CT molecular complexity index is 1940. The van der Waals surface area contributed by atoms with Crippen LogP contribution in [0.25, 0.3) is 22.4 Å². The molecule has 4 aromatic rings. The van der Waals surface area contributed by atoms with E-state index in [4.69, 9.17) is 9.98 Å². The minimum Gasteiger partial charge on any atom is -0.340 e. The zero-order valence-electron chi connectivity index (χ0n) is 27.7. The van der Waals surface area contributed by atoms with Gasteiger partial charge in [-0.05, 0) is 78.3 Å². The maximum Gasteiger partial charge on any atom is 0.261 e. The number of alkyl halides is 2. The number of aryl methyl sites for hydroxylation is 1. The predicted molar refractivity (Wildman–Crippen MR) is 188 cm³/mol. The third-order valence-corrected chi connectivity index (χ3v) is 11.5. The quantitative estimate of drug-likeness (QED) is 0.168. The van der Waals surface area contributed by atoms with Crippen molar-refractivity contribution in [2.45, 2.75) is 65.1 Å². The van der Waals surface area contributed by atoms with Crippen LogP contribution in [-0.2, 0) is 13.0 Å². The van der Waals surface area contributed by atoms with Gasteiger partial charge >= 0.3 is 0 Å². The van der Waals surface area contributed by atoms with Gasteiger partial charge in [0.05, 0.1) is 29.2 Å². The average Bonchev–Trinajstić information content (AvgIpc) is 3.09. The molecule has 1 saturated heterocycles. The van der Waals surface area contributed by atoms with E-state index >= 15 is 0 Å². The Kier molecular flexibility index (Phi) is 9.25. The summed E-state index contributed by atoms with van der Waals surface area (Å²) in [5.74, 6) is 2.04. The Morgan fingerprint density at radius 3 is 2.73 bits per heavy atom. The monoisotopic (exact) mass is 736 g/mol. The number of nitrogens with one attached hydrogen (secondary N) is 2. The van der Waals surface area contributed by atoms with Gasteiger partial charge in [-0.3, -0.25) is 14.3 Å². The van der Waals surface area contributed by atoms with E-state index in [-0.39, 0.29) is 36.9 Å². The molecule has 8 rings (SSSR count). The van der Waals surface area contributed by atoms with E-state index in [9.17, 15) is 18.0 Å². The van der Waals surface area contributed by atoms with Crippen LogP contribution in [-0.4, -0.2) is 68.5 Å². The number of fused-ring (bicyclic) bond motifs is 3. The van der Waals surface area contributed by atoms with Gasteiger partial charge in [0.15, 0.2) is 11.8 Å². The van der Waals surface area contributed by atoms with Crippen LogP contribution in [0.1, 0.15) is 39.2 Å². The predicted octanol–water partition coefficient (Wildman–Crippen LogP) is 6.38. The van der Waals surface area contributed by atoms with E-state index < -0.39 is 12.5 Å². The molecule has 1 unspecified atom stereocenters. The van der Waals surface area contributed by atoms with Crippen LogP contribution in [0.15, 0.2) is 69.2 Å². The molecular formula is C36H40BrF3N8O. The fourth-order valence-electron chi connectivity index (χ4n) is 7.98. The van der Waals surface area contributed by atoms with Crippen molar-refractivity contribution >= 4 is 38.5 Å².